The zero-order chi connectivity index (χ0) is 64.1. The van der Waals surface area contributed by atoms with Crippen LogP contribution in [0.1, 0.15) is 177 Å². The van der Waals surface area contributed by atoms with Crippen molar-refractivity contribution in [1.82, 2.24) is 57.8 Å². The summed E-state index contributed by atoms with van der Waals surface area (Å²) in [6.45, 7) is 32.1. The van der Waals surface area contributed by atoms with E-state index in [0.29, 0.717) is 75.0 Å². The number of benzene rings is 4. The minimum absolute atomic E-state index is 0.143. The van der Waals surface area contributed by atoms with Crippen LogP contribution >= 0.6 is 0 Å². The van der Waals surface area contributed by atoms with Crippen molar-refractivity contribution in [3.05, 3.63) is 186 Å². The molecule has 0 radical (unpaired) electrons. The van der Waals surface area contributed by atoms with Crippen LogP contribution in [0.3, 0.4) is 0 Å². The first-order valence-corrected chi connectivity index (χ1v) is 30.4. The number of nitrogens with zero attached hydrogens (tertiary/aromatic N) is 8. The highest BCUT2D eigenvalue weighted by molar-refractivity contribution is 5.90. The van der Waals surface area contributed by atoms with E-state index in [1.54, 1.807) is 64.7 Å². The van der Waals surface area contributed by atoms with Crippen LogP contribution in [-0.2, 0) is 47.4 Å². The minimum Gasteiger partial charge on any atom is -0.329 e. The molecule has 0 unspecified atom stereocenters. The average Bonchev–Trinajstić information content (AvgIpc) is 4.34. The lowest BCUT2D eigenvalue weighted by molar-refractivity contribution is -0.125. The van der Waals surface area contributed by atoms with E-state index in [-0.39, 0.29) is 46.4 Å². The van der Waals surface area contributed by atoms with Crippen LogP contribution < -0.4 is 44.0 Å². The molecule has 4 aliphatic rings. The highest BCUT2D eigenvalue weighted by atomic mass is 16.2. The summed E-state index contributed by atoms with van der Waals surface area (Å²) < 4.78 is 13.0. The Morgan fingerprint density at radius 2 is 0.625 bits per heavy atom. The van der Waals surface area contributed by atoms with Crippen LogP contribution in [0.2, 0.25) is 0 Å². The fraction of sp³-hybridized carbons (Fsp3) is 0.412. The monoisotopic (exact) mass is 1200 g/mol. The number of hydrogen-bond acceptors (Lipinski definition) is 8. The molecule has 20 nitrogen and oxygen atoms in total. The van der Waals surface area contributed by atoms with Crippen molar-refractivity contribution < 1.29 is 19.2 Å². The predicted octanol–water partition coefficient (Wildman–Crippen LogP) is 9.71. The van der Waals surface area contributed by atoms with Crippen molar-refractivity contribution in [1.29, 1.82) is 0 Å². The molecule has 4 amide bonds. The molecule has 20 heteroatoms. The summed E-state index contributed by atoms with van der Waals surface area (Å²) in [7, 11) is 7.05. The van der Waals surface area contributed by atoms with Crippen molar-refractivity contribution in [2.45, 2.75) is 155 Å². The van der Waals surface area contributed by atoms with Gasteiger partial charge in [0.1, 0.15) is 24.2 Å². The van der Waals surface area contributed by atoms with Crippen LogP contribution in [0.5, 0.6) is 0 Å². The number of imidazole rings is 4. The number of fused-ring (bicyclic) bond motifs is 4. The van der Waals surface area contributed by atoms with Crippen molar-refractivity contribution in [2.75, 3.05) is 0 Å². The van der Waals surface area contributed by atoms with Gasteiger partial charge in [-0.15, -0.1) is 0 Å². The van der Waals surface area contributed by atoms with Crippen LogP contribution in [0.25, 0.3) is 44.1 Å². The Kier molecular flexibility index (Phi) is 18.2. The molecule has 88 heavy (non-hydrogen) atoms. The van der Waals surface area contributed by atoms with Gasteiger partial charge in [-0.2, -0.15) is 0 Å². The summed E-state index contributed by atoms with van der Waals surface area (Å²) in [5.41, 5.74) is 13.7. The van der Waals surface area contributed by atoms with Gasteiger partial charge in [-0.1, -0.05) is 118 Å². The molecule has 4 fully saturated rings. The van der Waals surface area contributed by atoms with Crippen LogP contribution in [0, 0.1) is 0 Å². The van der Waals surface area contributed by atoms with Gasteiger partial charge in [0.25, 0.3) is 0 Å². The van der Waals surface area contributed by atoms with Gasteiger partial charge >= 0.3 is 22.8 Å². The van der Waals surface area contributed by atoms with Crippen LogP contribution in [0.15, 0.2) is 141 Å². The number of amides is 4. The minimum atomic E-state index is -0.468. The third-order valence-electron chi connectivity index (χ3n) is 17.6. The molecule has 0 bridgehead atoms. The third-order valence-corrected chi connectivity index (χ3v) is 17.6. The van der Waals surface area contributed by atoms with Crippen LogP contribution in [-0.4, -0.2) is 60.2 Å². The number of hydrogen-bond donors (Lipinski definition) is 4. The summed E-state index contributed by atoms with van der Waals surface area (Å²) in [5, 5.41) is 11.0. The zero-order valence-corrected chi connectivity index (χ0v) is 52.9. The smallest absolute Gasteiger partial charge is 0.329 e. The predicted molar refractivity (Wildman–Crippen MR) is 347 cm³/mol. The molecule has 8 heterocycles. The van der Waals surface area contributed by atoms with E-state index in [4.69, 9.17) is 0 Å². The Hall–Kier alpha value is -9.20. The molecule has 4 aromatic carbocycles. The number of carbonyl (C=O) groups is 4. The number of aryl methyl sites for hydroxylation is 4. The molecular formula is C68H84N12O8. The first-order chi connectivity index (χ1) is 41.6. The molecule has 4 N–H and O–H groups in total. The first kappa shape index (κ1) is 63.3. The number of piperidine rings is 4. The molecule has 8 aromatic rings. The molecule has 4 atom stereocenters. The maximum atomic E-state index is 12.7. The van der Waals surface area contributed by atoms with Gasteiger partial charge in [0.2, 0.25) is 23.6 Å². The topological polar surface area (TPSA) is 224 Å². The van der Waals surface area contributed by atoms with Crippen molar-refractivity contribution in [3.63, 3.8) is 0 Å². The van der Waals surface area contributed by atoms with E-state index in [2.05, 4.69) is 103 Å². The summed E-state index contributed by atoms with van der Waals surface area (Å²) in [6.07, 6.45) is 5.22. The van der Waals surface area contributed by atoms with Crippen molar-refractivity contribution in [2.24, 2.45) is 28.2 Å². The normalized spacial score (nSPS) is 19.0. The fourth-order valence-corrected chi connectivity index (χ4v) is 12.6. The highest BCUT2D eigenvalue weighted by Gasteiger charge is 2.34. The van der Waals surface area contributed by atoms with Gasteiger partial charge in [-0.25, -0.2) is 19.2 Å². The number of allylic oxidation sites excluding steroid dienone is 4. The number of nitrogens with one attached hydrogen (secondary N) is 4. The van der Waals surface area contributed by atoms with E-state index in [1.165, 1.54) is 11.1 Å². The van der Waals surface area contributed by atoms with E-state index in [1.807, 2.05) is 72.8 Å². The number of carbonyl (C=O) groups excluding carboxylic acids is 4. The van der Waals surface area contributed by atoms with E-state index < -0.39 is 24.2 Å². The molecule has 12 rings (SSSR count). The second-order valence-electron chi connectivity index (χ2n) is 25.0. The van der Waals surface area contributed by atoms with Crippen molar-refractivity contribution >= 4 is 67.8 Å². The molecule has 464 valence electrons. The molecular weight excluding hydrogens is 1110 g/mol. The van der Waals surface area contributed by atoms with Gasteiger partial charge in [-0.3, -0.25) is 55.7 Å². The van der Waals surface area contributed by atoms with Gasteiger partial charge in [0.05, 0.1) is 44.1 Å². The molecule has 4 saturated heterocycles. The second kappa shape index (κ2) is 25.3. The highest BCUT2D eigenvalue weighted by Crippen LogP contribution is 2.33. The second-order valence-corrected chi connectivity index (χ2v) is 25.0. The molecule has 0 saturated carbocycles. The Labute approximate surface area is 511 Å². The maximum Gasteiger partial charge on any atom is 0.329 e. The summed E-state index contributed by atoms with van der Waals surface area (Å²) >= 11 is 0. The molecule has 0 spiro atoms. The van der Waals surface area contributed by atoms with Gasteiger partial charge < -0.3 is 21.3 Å². The number of para-hydroxylation sites is 2. The van der Waals surface area contributed by atoms with Crippen molar-refractivity contribution in [3.8, 4) is 0 Å². The largest absolute Gasteiger partial charge is 0.329 e. The Morgan fingerprint density at radius 3 is 0.886 bits per heavy atom. The van der Waals surface area contributed by atoms with Gasteiger partial charge in [-0.05, 0) is 134 Å². The first-order valence-electron chi connectivity index (χ1n) is 30.4. The average molecular weight is 1200 g/mol. The van der Waals surface area contributed by atoms with Gasteiger partial charge in [0.15, 0.2) is 0 Å². The SMILES string of the molecule is C=C1CC[C@@H](n2c(=O)n(C)c3c(C(C)C)cccc32)C(=O)N1.C=C1CC[C@@H](n2c(=O)n(C)c3cc(C(C)C)ccc32)C(=O)N1.C=C1CC[C@H](n2c(=O)n(C)c3c(C(C)C)cccc32)C(=O)N1.C=C1CC[C@H](n2c(=O)n(C)c3cc(C(C)C)ccc32)C(=O)N1. The zero-order valence-electron chi connectivity index (χ0n) is 52.9. The molecule has 4 aromatic heterocycles. The van der Waals surface area contributed by atoms with Gasteiger partial charge in [0, 0.05) is 51.0 Å². The lowest BCUT2D eigenvalue weighted by Gasteiger charge is -2.24. The van der Waals surface area contributed by atoms with E-state index >= 15 is 0 Å². The van der Waals surface area contributed by atoms with E-state index in [9.17, 15) is 38.4 Å². The summed E-state index contributed by atoms with van der Waals surface area (Å²) in [4.78, 5) is 99.7. The lowest BCUT2D eigenvalue weighted by atomic mass is 10.0. The quantitative estimate of drug-likeness (QED) is 0.114. The Balaban J connectivity index is 0.000000140. The number of rotatable bonds is 8. The number of aromatic nitrogens is 8. The Bertz CT molecular complexity index is 4150. The summed E-state index contributed by atoms with van der Waals surface area (Å²) in [5.74, 6) is 0.794. The lowest BCUT2D eigenvalue weighted by Crippen LogP contribution is -2.40. The Morgan fingerprint density at radius 1 is 0.352 bits per heavy atom. The fourth-order valence-electron chi connectivity index (χ4n) is 12.6. The third kappa shape index (κ3) is 11.9. The summed E-state index contributed by atoms with van der Waals surface area (Å²) in [6, 6.07) is 22.0. The van der Waals surface area contributed by atoms with E-state index in [0.717, 1.165) is 78.0 Å². The maximum absolute atomic E-state index is 12.7. The molecule has 4 aliphatic heterocycles. The molecule has 0 aliphatic carbocycles. The van der Waals surface area contributed by atoms with Crippen LogP contribution in [0.4, 0.5) is 0 Å². The standard InChI is InChI=1S/4C17H21N3O2/c2*1-10(2)12-6-8-13-15(9-12)19(4)17(22)20(13)14-7-5-11(3)18-16(14)21;2*1-10(2)12-6-5-7-13-15(12)19(4)17(22)20(13)14-9-8-11(3)18-16(14)21/h2*6,8-10,14H,3,5,7H2,1-2,4H3,(H,18,21);2*5-7,10,14H,3,8-9H2,1-2,4H3,(H,18,21)/t4*14-/m1010/s1.